The highest BCUT2D eigenvalue weighted by atomic mass is 32.1. The molecule has 2 heterocycles. The second-order valence-corrected chi connectivity index (χ2v) is 7.28. The molecule has 0 spiro atoms. The standard InChI is InChI=1S/C19H20FN5O4S/c1-10(22-19(27)28-16-11(2)25-29-12(16)3)15-9-30-18(23-15)24-17(26)21-8-13-5-4-6-14(20)7-13/h4-7,9-10H,8H2,1-3H3,(H,22,27)(H2,21,23,24,26). The molecule has 0 saturated carbocycles. The van der Waals surface area contributed by atoms with Gasteiger partial charge in [-0.1, -0.05) is 17.3 Å². The number of urea groups is 1. The number of aryl methyl sites for hydroxylation is 2. The number of anilines is 1. The van der Waals surface area contributed by atoms with Crippen LogP contribution in [-0.2, 0) is 6.54 Å². The lowest BCUT2D eigenvalue weighted by Gasteiger charge is -2.11. The normalized spacial score (nSPS) is 11.6. The molecule has 0 aliphatic rings. The monoisotopic (exact) mass is 433 g/mol. The maximum atomic E-state index is 13.2. The van der Waals surface area contributed by atoms with Crippen molar-refractivity contribution in [2.45, 2.75) is 33.4 Å². The third kappa shape index (κ3) is 5.54. The predicted octanol–water partition coefficient (Wildman–Crippen LogP) is 4.06. The van der Waals surface area contributed by atoms with E-state index < -0.39 is 18.2 Å². The molecule has 0 aliphatic heterocycles. The molecule has 0 bridgehead atoms. The molecule has 30 heavy (non-hydrogen) atoms. The molecule has 0 radical (unpaired) electrons. The van der Waals surface area contributed by atoms with Crippen molar-refractivity contribution in [2.24, 2.45) is 0 Å². The van der Waals surface area contributed by atoms with Crippen molar-refractivity contribution in [3.8, 4) is 5.75 Å². The zero-order chi connectivity index (χ0) is 21.7. The number of aromatic nitrogens is 2. The molecule has 11 heteroatoms. The van der Waals surface area contributed by atoms with Gasteiger partial charge in [0.05, 0.1) is 11.7 Å². The summed E-state index contributed by atoms with van der Waals surface area (Å²) in [5.41, 5.74) is 1.66. The summed E-state index contributed by atoms with van der Waals surface area (Å²) in [6.45, 7) is 5.22. The Kier molecular flexibility index (Phi) is 6.62. The van der Waals surface area contributed by atoms with E-state index in [0.29, 0.717) is 27.8 Å². The average Bonchev–Trinajstić information content (AvgIpc) is 3.28. The van der Waals surface area contributed by atoms with E-state index in [2.05, 4.69) is 26.1 Å². The van der Waals surface area contributed by atoms with Gasteiger partial charge in [-0.15, -0.1) is 11.3 Å². The molecule has 158 valence electrons. The van der Waals surface area contributed by atoms with Crippen molar-refractivity contribution in [3.05, 3.63) is 58.2 Å². The molecule has 1 aromatic carbocycles. The van der Waals surface area contributed by atoms with Gasteiger partial charge in [0.1, 0.15) is 11.5 Å². The lowest BCUT2D eigenvalue weighted by Crippen LogP contribution is -2.30. The molecule has 0 fully saturated rings. The highest BCUT2D eigenvalue weighted by Gasteiger charge is 2.18. The SMILES string of the molecule is Cc1noc(C)c1OC(=O)NC(C)c1csc(NC(=O)NCc2cccc(F)c2)n1. The van der Waals surface area contributed by atoms with Crippen LogP contribution in [0.3, 0.4) is 0 Å². The van der Waals surface area contributed by atoms with Gasteiger partial charge in [-0.05, 0) is 31.5 Å². The summed E-state index contributed by atoms with van der Waals surface area (Å²) in [5.74, 6) is 0.309. The first-order chi connectivity index (χ1) is 14.3. The zero-order valence-corrected chi connectivity index (χ0v) is 17.3. The minimum absolute atomic E-state index is 0.174. The highest BCUT2D eigenvalue weighted by molar-refractivity contribution is 7.13. The Bertz CT molecular complexity index is 1030. The largest absolute Gasteiger partial charge is 0.413 e. The van der Waals surface area contributed by atoms with Gasteiger partial charge in [-0.2, -0.15) is 0 Å². The van der Waals surface area contributed by atoms with E-state index in [0.717, 1.165) is 0 Å². The number of rotatable bonds is 6. The summed E-state index contributed by atoms with van der Waals surface area (Å²) < 4.78 is 23.3. The Morgan fingerprint density at radius 3 is 2.83 bits per heavy atom. The average molecular weight is 433 g/mol. The van der Waals surface area contributed by atoms with Crippen molar-refractivity contribution in [1.82, 2.24) is 20.8 Å². The van der Waals surface area contributed by atoms with Crippen LogP contribution in [0.4, 0.5) is 19.1 Å². The van der Waals surface area contributed by atoms with E-state index in [1.165, 1.54) is 23.5 Å². The Morgan fingerprint density at radius 2 is 2.13 bits per heavy atom. The number of halogens is 1. The quantitative estimate of drug-likeness (QED) is 0.540. The molecule has 3 rings (SSSR count). The molecule has 3 N–H and O–H groups in total. The first-order valence-corrected chi connectivity index (χ1v) is 9.85. The second-order valence-electron chi connectivity index (χ2n) is 6.42. The van der Waals surface area contributed by atoms with Crippen molar-refractivity contribution >= 4 is 28.6 Å². The number of carbonyl (C=O) groups excluding carboxylic acids is 2. The van der Waals surface area contributed by atoms with Gasteiger partial charge < -0.3 is 19.9 Å². The molecule has 1 atom stereocenters. The third-order valence-electron chi connectivity index (χ3n) is 4.03. The van der Waals surface area contributed by atoms with Gasteiger partial charge in [0, 0.05) is 18.8 Å². The minimum Gasteiger partial charge on any atom is -0.405 e. The Hall–Kier alpha value is -3.47. The topological polar surface area (TPSA) is 118 Å². The van der Waals surface area contributed by atoms with E-state index in [-0.39, 0.29) is 18.1 Å². The van der Waals surface area contributed by atoms with Crippen LogP contribution in [0.25, 0.3) is 0 Å². The second kappa shape index (κ2) is 9.35. The van der Waals surface area contributed by atoms with Gasteiger partial charge >= 0.3 is 12.1 Å². The molecular formula is C19H20FN5O4S. The van der Waals surface area contributed by atoms with Crippen molar-refractivity contribution in [1.29, 1.82) is 0 Å². The van der Waals surface area contributed by atoms with Crippen LogP contribution in [0.1, 0.15) is 35.7 Å². The number of nitrogens with one attached hydrogen (secondary N) is 3. The Balaban J connectivity index is 1.49. The van der Waals surface area contributed by atoms with E-state index in [9.17, 15) is 14.0 Å². The van der Waals surface area contributed by atoms with Gasteiger partial charge in [-0.25, -0.2) is 19.0 Å². The van der Waals surface area contributed by atoms with Crippen LogP contribution in [0.15, 0.2) is 34.2 Å². The van der Waals surface area contributed by atoms with Gasteiger partial charge in [0.2, 0.25) is 0 Å². The Labute approximate surface area is 175 Å². The number of ether oxygens (including phenoxy) is 1. The Morgan fingerprint density at radius 1 is 1.33 bits per heavy atom. The van der Waals surface area contributed by atoms with Crippen molar-refractivity contribution in [2.75, 3.05) is 5.32 Å². The van der Waals surface area contributed by atoms with Crippen molar-refractivity contribution in [3.63, 3.8) is 0 Å². The fourth-order valence-corrected chi connectivity index (χ4v) is 3.31. The lowest BCUT2D eigenvalue weighted by atomic mass is 10.2. The van der Waals surface area contributed by atoms with E-state index in [1.807, 2.05) is 0 Å². The number of carbonyl (C=O) groups is 2. The van der Waals surface area contributed by atoms with Crippen molar-refractivity contribution < 1.29 is 23.2 Å². The molecule has 0 saturated heterocycles. The summed E-state index contributed by atoms with van der Waals surface area (Å²) in [5, 5.41) is 13.7. The number of hydrogen-bond acceptors (Lipinski definition) is 7. The molecular weight excluding hydrogens is 413 g/mol. The molecule has 3 aromatic rings. The first-order valence-electron chi connectivity index (χ1n) is 8.97. The summed E-state index contributed by atoms with van der Waals surface area (Å²) in [6, 6.07) is 5.03. The van der Waals surface area contributed by atoms with E-state index in [1.54, 1.807) is 38.3 Å². The number of benzene rings is 1. The van der Waals surface area contributed by atoms with Crippen LogP contribution < -0.4 is 20.7 Å². The van der Waals surface area contributed by atoms with E-state index >= 15 is 0 Å². The van der Waals surface area contributed by atoms with Crippen LogP contribution in [0, 0.1) is 19.7 Å². The van der Waals surface area contributed by atoms with Gasteiger partial charge in [-0.3, -0.25) is 5.32 Å². The molecule has 1 unspecified atom stereocenters. The highest BCUT2D eigenvalue weighted by Crippen LogP contribution is 2.23. The minimum atomic E-state index is -0.674. The zero-order valence-electron chi connectivity index (χ0n) is 16.5. The van der Waals surface area contributed by atoms with Gasteiger partial charge in [0.25, 0.3) is 0 Å². The number of thiazole rings is 1. The maximum absolute atomic E-state index is 13.2. The van der Waals surface area contributed by atoms with Crippen LogP contribution in [-0.4, -0.2) is 22.3 Å². The smallest absolute Gasteiger partial charge is 0.405 e. The number of hydrogen-bond donors (Lipinski definition) is 3. The van der Waals surface area contributed by atoms with Crippen LogP contribution in [0.5, 0.6) is 5.75 Å². The summed E-state index contributed by atoms with van der Waals surface area (Å²) in [4.78, 5) is 28.4. The fourth-order valence-electron chi connectivity index (χ4n) is 2.51. The van der Waals surface area contributed by atoms with Crippen LogP contribution in [0.2, 0.25) is 0 Å². The number of nitrogens with zero attached hydrogens (tertiary/aromatic N) is 2. The first kappa shape index (κ1) is 21.2. The maximum Gasteiger partial charge on any atom is 0.413 e. The molecule has 9 nitrogen and oxygen atoms in total. The molecule has 2 aromatic heterocycles. The van der Waals surface area contributed by atoms with Gasteiger partial charge in [0.15, 0.2) is 16.6 Å². The van der Waals surface area contributed by atoms with E-state index in [4.69, 9.17) is 9.26 Å². The number of amides is 3. The summed E-state index contributed by atoms with van der Waals surface area (Å²) in [6.07, 6.45) is -0.674. The summed E-state index contributed by atoms with van der Waals surface area (Å²) >= 11 is 1.21. The molecule has 0 aliphatic carbocycles. The van der Waals surface area contributed by atoms with Crippen LogP contribution >= 0.6 is 11.3 Å². The lowest BCUT2D eigenvalue weighted by molar-refractivity contribution is 0.195. The third-order valence-corrected chi connectivity index (χ3v) is 4.80. The molecule has 3 amide bonds. The fraction of sp³-hybridized carbons (Fsp3) is 0.263. The summed E-state index contributed by atoms with van der Waals surface area (Å²) in [7, 11) is 0. The predicted molar refractivity (Wildman–Crippen MR) is 108 cm³/mol.